The van der Waals surface area contributed by atoms with E-state index in [1.54, 1.807) is 24.4 Å². The largest absolute Gasteiger partial charge is 0.464 e. The van der Waals surface area contributed by atoms with Crippen LogP contribution in [0.3, 0.4) is 0 Å². The van der Waals surface area contributed by atoms with E-state index in [9.17, 15) is 22.8 Å². The maximum absolute atomic E-state index is 13.5. The number of methoxy groups -OCH3 is 1. The first-order valence-corrected chi connectivity index (χ1v) is 6.39. The average molecular weight is 320 g/mol. The van der Waals surface area contributed by atoms with Gasteiger partial charge in [-0.3, -0.25) is 10.1 Å². The third-order valence-corrected chi connectivity index (χ3v) is 2.94. The highest BCUT2D eigenvalue weighted by Crippen LogP contribution is 2.32. The van der Waals surface area contributed by atoms with Crippen LogP contribution in [0.25, 0.3) is 0 Å². The van der Waals surface area contributed by atoms with E-state index in [1.165, 1.54) is 13.1 Å². The molecule has 1 atom stereocenters. The van der Waals surface area contributed by atoms with Crippen molar-refractivity contribution in [3.63, 3.8) is 0 Å². The number of nitrogens with one attached hydrogen (secondary N) is 3. The number of hydrogen-bond donors (Lipinski definition) is 2. The first kappa shape index (κ1) is 17.7. The topological polar surface area (TPSA) is 81.6 Å². The van der Waals surface area contributed by atoms with Crippen LogP contribution in [0.4, 0.5) is 19.0 Å². The molecule has 0 fully saturated rings. The van der Waals surface area contributed by atoms with Crippen LogP contribution in [-0.2, 0) is 14.3 Å². The Morgan fingerprint density at radius 1 is 1.36 bits per heavy atom. The molecule has 0 saturated carbocycles. The van der Waals surface area contributed by atoms with Gasteiger partial charge in [-0.1, -0.05) is 6.92 Å². The number of hydrogen-bond acceptors (Lipinski definition) is 4. The molecule has 1 amide bonds. The van der Waals surface area contributed by atoms with Gasteiger partial charge in [0.1, 0.15) is 0 Å². The summed E-state index contributed by atoms with van der Waals surface area (Å²) in [7, 11) is 0.810. The van der Waals surface area contributed by atoms with Gasteiger partial charge in [-0.25, -0.2) is 15.1 Å². The van der Waals surface area contributed by atoms with E-state index in [1.807, 2.05) is 5.32 Å². The molecule has 0 radical (unpaired) electrons. The lowest BCUT2D eigenvalue weighted by Crippen LogP contribution is -2.69. The highest BCUT2D eigenvalue weighted by molar-refractivity contribution is 5.91. The molecule has 0 saturated heterocycles. The maximum atomic E-state index is 13.5. The highest BCUT2D eigenvalue weighted by atomic mass is 19.4. The van der Waals surface area contributed by atoms with E-state index in [4.69, 9.17) is 0 Å². The third kappa shape index (κ3) is 3.46. The minimum absolute atomic E-state index is 0.0679. The van der Waals surface area contributed by atoms with Crippen LogP contribution >= 0.6 is 0 Å². The summed E-state index contributed by atoms with van der Waals surface area (Å²) in [6, 6.07) is 3.12. The molecule has 3 N–H and O–H groups in total. The van der Waals surface area contributed by atoms with Crippen molar-refractivity contribution >= 4 is 17.7 Å². The van der Waals surface area contributed by atoms with Gasteiger partial charge in [0.05, 0.1) is 13.3 Å². The number of aromatic nitrogens is 1. The van der Waals surface area contributed by atoms with Crippen LogP contribution in [-0.4, -0.2) is 30.8 Å². The van der Waals surface area contributed by atoms with E-state index in [2.05, 4.69) is 9.72 Å². The summed E-state index contributed by atoms with van der Waals surface area (Å²) < 4.78 is 44.9. The molecule has 1 aromatic rings. The van der Waals surface area contributed by atoms with Gasteiger partial charge >= 0.3 is 17.8 Å². The van der Waals surface area contributed by atoms with Crippen molar-refractivity contribution < 1.29 is 32.5 Å². The Labute approximate surface area is 125 Å². The van der Waals surface area contributed by atoms with Gasteiger partial charge < -0.3 is 4.74 Å². The Balaban J connectivity index is 3.39. The molecule has 1 aromatic heterocycles. The number of carbonyl (C=O) groups excluding carboxylic acids is 2. The van der Waals surface area contributed by atoms with Crippen molar-refractivity contribution in [1.29, 1.82) is 0 Å². The number of esters is 1. The van der Waals surface area contributed by atoms with E-state index >= 15 is 0 Å². The average Bonchev–Trinajstić information content (AvgIpc) is 2.46. The summed E-state index contributed by atoms with van der Waals surface area (Å²) in [5, 5.41) is 3.71. The molecule has 9 heteroatoms. The van der Waals surface area contributed by atoms with Crippen LogP contribution < -0.4 is 15.6 Å². The van der Waals surface area contributed by atoms with Crippen molar-refractivity contribution in [2.75, 3.05) is 12.4 Å². The predicted molar refractivity (Wildman–Crippen MR) is 70.6 cm³/mol. The van der Waals surface area contributed by atoms with Crippen molar-refractivity contribution in [3.05, 3.63) is 23.9 Å². The number of pyridine rings is 1. The first-order valence-electron chi connectivity index (χ1n) is 6.39. The van der Waals surface area contributed by atoms with Gasteiger partial charge in [-0.05, 0) is 19.1 Å². The minimum Gasteiger partial charge on any atom is -0.464 e. The molecular formula is C13H17F3N3O3+. The monoisotopic (exact) mass is 320 g/mol. The number of rotatable bonds is 5. The minimum atomic E-state index is -5.12. The van der Waals surface area contributed by atoms with Crippen LogP contribution in [0.15, 0.2) is 18.3 Å². The van der Waals surface area contributed by atoms with E-state index < -0.39 is 23.7 Å². The number of anilines is 1. The lowest BCUT2D eigenvalue weighted by molar-refractivity contribution is -0.363. The highest BCUT2D eigenvalue weighted by Gasteiger charge is 2.67. The summed E-state index contributed by atoms with van der Waals surface area (Å²) in [5.74, 6) is -2.69. The molecule has 0 unspecified atom stereocenters. The predicted octanol–water partition coefficient (Wildman–Crippen LogP) is 1.18. The summed E-state index contributed by atoms with van der Waals surface area (Å²) in [6.07, 6.45) is -3.97. The van der Waals surface area contributed by atoms with Crippen molar-refractivity contribution in [1.82, 2.24) is 5.32 Å². The van der Waals surface area contributed by atoms with Gasteiger partial charge in [-0.2, -0.15) is 13.2 Å². The molecule has 22 heavy (non-hydrogen) atoms. The molecule has 0 aromatic carbocycles. The molecule has 0 aliphatic heterocycles. The molecule has 122 valence electrons. The zero-order valence-corrected chi connectivity index (χ0v) is 12.3. The second-order valence-electron chi connectivity index (χ2n) is 4.49. The Bertz CT molecular complexity index is 563. The molecule has 1 heterocycles. The Kier molecular flexibility index (Phi) is 5.34. The van der Waals surface area contributed by atoms with E-state index in [0.29, 0.717) is 5.56 Å². The smallest absolute Gasteiger partial charge is 0.464 e. The molecule has 1 rings (SSSR count). The molecular weight excluding hydrogens is 303 g/mol. The zero-order valence-electron chi connectivity index (χ0n) is 12.3. The Morgan fingerprint density at radius 3 is 2.45 bits per heavy atom. The molecule has 0 aliphatic carbocycles. The number of carbonyl (C=O) groups is 2. The number of halogens is 3. The van der Waals surface area contributed by atoms with Crippen molar-refractivity contribution in [3.8, 4) is 0 Å². The van der Waals surface area contributed by atoms with Crippen LogP contribution in [0.2, 0.25) is 0 Å². The summed E-state index contributed by atoms with van der Waals surface area (Å²) >= 11 is 0. The number of ether oxygens (including phenoxy) is 1. The van der Waals surface area contributed by atoms with Crippen LogP contribution in [0.1, 0.15) is 18.9 Å². The zero-order chi connectivity index (χ0) is 17.0. The second kappa shape index (κ2) is 6.63. The fraction of sp³-hybridized carbons (Fsp3) is 0.462. The number of amides is 1. The third-order valence-electron chi connectivity index (χ3n) is 2.94. The Morgan fingerprint density at radius 2 is 2.00 bits per heavy atom. The SMILES string of the molecule is CCC(=O)N[C@](Nc1[nH+]cccc1C)(C(=O)OC)C(F)(F)F. The molecule has 6 nitrogen and oxygen atoms in total. The molecule has 0 spiro atoms. The number of aryl methyl sites for hydroxylation is 1. The second-order valence-corrected chi connectivity index (χ2v) is 4.49. The van der Waals surface area contributed by atoms with E-state index in [-0.39, 0.29) is 12.2 Å². The van der Waals surface area contributed by atoms with Gasteiger partial charge in [0.2, 0.25) is 5.91 Å². The van der Waals surface area contributed by atoms with E-state index in [0.717, 1.165) is 7.11 Å². The number of alkyl halides is 3. The lowest BCUT2D eigenvalue weighted by atomic mass is 10.1. The maximum Gasteiger partial charge on any atom is 0.464 e. The quantitative estimate of drug-likeness (QED) is 0.630. The molecule has 0 aliphatic rings. The van der Waals surface area contributed by atoms with Crippen LogP contribution in [0.5, 0.6) is 0 Å². The fourth-order valence-electron chi connectivity index (χ4n) is 1.68. The lowest BCUT2D eigenvalue weighted by Gasteiger charge is -2.30. The van der Waals surface area contributed by atoms with Gasteiger partial charge in [0, 0.05) is 12.0 Å². The standard InChI is InChI=1S/C13H16F3N3O3/c1-4-9(20)18-12(11(21)22-3,13(14,15)16)19-10-8(2)6-5-7-17-10/h5-7H,4H2,1-3H3,(H,17,19)(H,18,20)/p+1/t12-/m0/s1. The van der Waals surface area contributed by atoms with Crippen LogP contribution in [0, 0.1) is 6.92 Å². The van der Waals surface area contributed by atoms with Crippen molar-refractivity contribution in [2.45, 2.75) is 32.1 Å². The fourth-order valence-corrected chi connectivity index (χ4v) is 1.68. The van der Waals surface area contributed by atoms with Crippen molar-refractivity contribution in [2.24, 2.45) is 0 Å². The summed E-state index contributed by atoms with van der Waals surface area (Å²) in [6.45, 7) is 2.91. The summed E-state index contributed by atoms with van der Waals surface area (Å²) in [5.41, 5.74) is -2.96. The summed E-state index contributed by atoms with van der Waals surface area (Å²) in [4.78, 5) is 25.9. The number of H-pyrrole nitrogens is 1. The first-order chi connectivity index (χ1) is 10.2. The number of aromatic amines is 1. The Hall–Kier alpha value is -2.32. The van der Waals surface area contributed by atoms with Gasteiger partial charge in [0.15, 0.2) is 0 Å². The van der Waals surface area contributed by atoms with Gasteiger partial charge in [0.25, 0.3) is 5.82 Å². The normalized spacial score (nSPS) is 13.9. The van der Waals surface area contributed by atoms with Gasteiger partial charge in [-0.15, -0.1) is 0 Å². The molecule has 0 bridgehead atoms.